The van der Waals surface area contributed by atoms with Crippen molar-refractivity contribution in [1.29, 1.82) is 0 Å². The van der Waals surface area contributed by atoms with Crippen LogP contribution in [0.15, 0.2) is 52.7 Å². The van der Waals surface area contributed by atoms with Gasteiger partial charge in [-0.05, 0) is 43.8 Å². The number of esters is 1. The van der Waals surface area contributed by atoms with Crippen LogP contribution in [0.2, 0.25) is 0 Å². The number of rotatable bonds is 9. The van der Waals surface area contributed by atoms with E-state index in [0.717, 1.165) is 10.9 Å². The van der Waals surface area contributed by atoms with Gasteiger partial charge in [0.25, 0.3) is 5.69 Å². The Labute approximate surface area is 224 Å². The number of allylic oxidation sites excluding steroid dienone is 3. The number of hydrogen-bond donors (Lipinski definition) is 1. The average Bonchev–Trinajstić information content (AvgIpc) is 3.40. The van der Waals surface area contributed by atoms with Gasteiger partial charge in [0.15, 0.2) is 0 Å². The Kier molecular flexibility index (Phi) is 8.17. The molecule has 0 saturated heterocycles. The van der Waals surface area contributed by atoms with Gasteiger partial charge in [-0.2, -0.15) is 0 Å². The van der Waals surface area contributed by atoms with Crippen LogP contribution in [-0.4, -0.2) is 43.1 Å². The van der Waals surface area contributed by atoms with Crippen molar-refractivity contribution in [1.82, 2.24) is 5.32 Å². The van der Waals surface area contributed by atoms with Gasteiger partial charge in [0.1, 0.15) is 18.1 Å². The predicted molar refractivity (Wildman–Crippen MR) is 138 cm³/mol. The first-order valence-corrected chi connectivity index (χ1v) is 13.1. The molecular weight excluding hydrogens is 512 g/mol. The van der Waals surface area contributed by atoms with Gasteiger partial charge >= 0.3 is 5.97 Å². The molecule has 2 aliphatic rings. The van der Waals surface area contributed by atoms with Crippen molar-refractivity contribution in [3.63, 3.8) is 0 Å². The summed E-state index contributed by atoms with van der Waals surface area (Å²) in [5.41, 5.74) is 0.779. The van der Waals surface area contributed by atoms with Gasteiger partial charge in [-0.15, -0.1) is 11.3 Å². The fourth-order valence-electron chi connectivity index (χ4n) is 4.96. The van der Waals surface area contributed by atoms with Gasteiger partial charge in [0.05, 0.1) is 36.2 Å². The molecule has 11 heteroatoms. The van der Waals surface area contributed by atoms with Crippen LogP contribution in [0.3, 0.4) is 0 Å². The van der Waals surface area contributed by atoms with E-state index >= 15 is 0 Å². The summed E-state index contributed by atoms with van der Waals surface area (Å²) in [6.45, 7) is 5.60. The number of hydrogen-bond acceptors (Lipinski definition) is 10. The first kappa shape index (κ1) is 27.3. The Balaban J connectivity index is 1.82. The number of thiophene rings is 1. The number of fused-ring (bicyclic) bond motifs is 1. The Morgan fingerprint density at radius 3 is 2.66 bits per heavy atom. The number of nitro benzene ring substituents is 1. The van der Waals surface area contributed by atoms with Gasteiger partial charge in [0.2, 0.25) is 0 Å². The lowest BCUT2D eigenvalue weighted by atomic mass is 9.69. The van der Waals surface area contributed by atoms with Crippen LogP contribution in [0.5, 0.6) is 11.5 Å². The molecule has 38 heavy (non-hydrogen) atoms. The Morgan fingerprint density at radius 1 is 1.26 bits per heavy atom. The fraction of sp³-hybridized carbons (Fsp3) is 0.407. The lowest BCUT2D eigenvalue weighted by molar-refractivity contribution is -0.398. The molecule has 2 aromatic rings. The lowest BCUT2D eigenvalue weighted by Crippen LogP contribution is -2.42. The molecule has 0 radical (unpaired) electrons. The fourth-order valence-corrected chi connectivity index (χ4v) is 5.76. The number of ketones is 1. The highest BCUT2D eigenvalue weighted by atomic mass is 32.1. The molecule has 0 amide bonds. The van der Waals surface area contributed by atoms with Crippen LogP contribution < -0.4 is 15.2 Å². The first-order chi connectivity index (χ1) is 18.1. The third kappa shape index (κ3) is 5.44. The smallest absolute Gasteiger partial charge is 0.336 e. The van der Waals surface area contributed by atoms with E-state index in [-0.39, 0.29) is 54.3 Å². The highest BCUT2D eigenvalue weighted by Crippen LogP contribution is 2.49. The number of nitrogens with one attached hydrogen (secondary N) is 1. The molecule has 1 aromatic carbocycles. The van der Waals surface area contributed by atoms with E-state index in [4.69, 9.17) is 14.2 Å². The number of benzene rings is 1. The van der Waals surface area contributed by atoms with Crippen molar-refractivity contribution >= 4 is 28.8 Å². The van der Waals surface area contributed by atoms with Crippen LogP contribution in [-0.2, 0) is 19.1 Å². The summed E-state index contributed by atoms with van der Waals surface area (Å²) < 4.78 is 16.1. The van der Waals surface area contributed by atoms with Gasteiger partial charge in [0, 0.05) is 46.3 Å². The van der Waals surface area contributed by atoms with Crippen LogP contribution in [0.1, 0.15) is 49.5 Å². The van der Waals surface area contributed by atoms with Crippen LogP contribution in [0.25, 0.3) is 0 Å². The summed E-state index contributed by atoms with van der Waals surface area (Å²) in [5.74, 6) is -3.82. The minimum Gasteiger partial charge on any atom is -0.865 e. The summed E-state index contributed by atoms with van der Waals surface area (Å²) in [6.07, 6.45) is 2.14. The minimum atomic E-state index is -0.925. The first-order valence-electron chi connectivity index (χ1n) is 12.2. The molecule has 1 N–H and O–H groups in total. The number of ether oxygens (including phenoxy) is 3. The maximum absolute atomic E-state index is 13.7. The van der Waals surface area contributed by atoms with E-state index in [1.54, 1.807) is 18.3 Å². The molecule has 202 valence electrons. The van der Waals surface area contributed by atoms with Crippen molar-refractivity contribution < 1.29 is 33.8 Å². The van der Waals surface area contributed by atoms with E-state index in [1.807, 2.05) is 37.4 Å². The zero-order valence-corrected chi connectivity index (χ0v) is 22.3. The second kappa shape index (κ2) is 11.4. The Hall–Kier alpha value is -3.70. The molecule has 3 atom stereocenters. The number of methoxy groups -OCH3 is 1. The molecule has 1 aromatic heterocycles. The molecule has 4 rings (SSSR count). The molecule has 0 spiro atoms. The largest absolute Gasteiger partial charge is 0.865 e. The zero-order chi connectivity index (χ0) is 27.6. The molecule has 1 aliphatic carbocycles. The van der Waals surface area contributed by atoms with Crippen molar-refractivity contribution in [2.75, 3.05) is 20.3 Å². The maximum Gasteiger partial charge on any atom is 0.336 e. The topological polar surface area (TPSA) is 140 Å². The number of carbonyl (C=O) groups is 2. The number of carbonyl (C=O) groups excluding carboxylic acids is 2. The van der Waals surface area contributed by atoms with Crippen molar-refractivity contribution in [2.45, 2.75) is 45.1 Å². The van der Waals surface area contributed by atoms with Gasteiger partial charge in [-0.1, -0.05) is 12.1 Å². The number of Topliss-reactive ketones (excluding diaryl/α,β-unsaturated/α-hetero) is 1. The van der Waals surface area contributed by atoms with E-state index in [1.165, 1.54) is 13.2 Å². The number of nitrogens with zero attached hydrogens (tertiary/aromatic N) is 1. The minimum absolute atomic E-state index is 0.00869. The SMILES string of the molecule is COc1cc(C2C(C(=O)OCCOC(C)C)=C(C)NC3=CC(c4cccs4)CC(=O)C32)cc([N+](=O)[O-])c1[O-]. The predicted octanol–water partition coefficient (Wildman–Crippen LogP) is 3.92. The molecule has 0 fully saturated rings. The highest BCUT2D eigenvalue weighted by Gasteiger charge is 2.45. The van der Waals surface area contributed by atoms with E-state index < -0.39 is 34.2 Å². The summed E-state index contributed by atoms with van der Waals surface area (Å²) in [6, 6.07) is 6.38. The summed E-state index contributed by atoms with van der Waals surface area (Å²) in [7, 11) is 1.24. The average molecular weight is 542 g/mol. The third-order valence-corrected chi connectivity index (χ3v) is 7.60. The molecule has 3 unspecified atom stereocenters. The quantitative estimate of drug-likeness (QED) is 0.216. The molecule has 1 aliphatic heterocycles. The summed E-state index contributed by atoms with van der Waals surface area (Å²) in [5, 5.41) is 29.4. The van der Waals surface area contributed by atoms with Gasteiger partial charge in [-0.3, -0.25) is 14.9 Å². The normalized spacial score (nSPS) is 21.0. The standard InChI is InChI=1S/C27H30N2O8S/c1-14(2)36-7-8-37-27(32)23-15(3)28-18-10-16(22-6-5-9-38-22)12-20(30)25(18)24(23)17-11-19(29(33)34)26(31)21(13-17)35-4/h5-6,9-11,13-14,16,24-25,28,31H,7-8,12H2,1-4H3/p-1. The maximum atomic E-state index is 13.7. The zero-order valence-electron chi connectivity index (χ0n) is 21.5. The van der Waals surface area contributed by atoms with Crippen molar-refractivity contribution in [3.05, 3.63) is 73.2 Å². The van der Waals surface area contributed by atoms with Crippen LogP contribution >= 0.6 is 11.3 Å². The van der Waals surface area contributed by atoms with Crippen molar-refractivity contribution in [2.24, 2.45) is 5.92 Å². The molecule has 0 saturated carbocycles. The second-order valence-corrected chi connectivity index (χ2v) is 10.4. The summed E-state index contributed by atoms with van der Waals surface area (Å²) in [4.78, 5) is 39.0. The van der Waals surface area contributed by atoms with E-state index in [0.29, 0.717) is 11.4 Å². The Bertz CT molecular complexity index is 1300. The molecule has 2 heterocycles. The second-order valence-electron chi connectivity index (χ2n) is 9.42. The third-order valence-electron chi connectivity index (χ3n) is 6.59. The van der Waals surface area contributed by atoms with Crippen LogP contribution in [0.4, 0.5) is 5.69 Å². The number of nitro groups is 1. The van der Waals surface area contributed by atoms with E-state index in [9.17, 15) is 24.8 Å². The lowest BCUT2D eigenvalue weighted by Gasteiger charge is -2.39. The summed E-state index contributed by atoms with van der Waals surface area (Å²) >= 11 is 1.55. The molecule has 0 bridgehead atoms. The van der Waals surface area contributed by atoms with Gasteiger partial charge in [-0.25, -0.2) is 4.79 Å². The molecule has 10 nitrogen and oxygen atoms in total. The Morgan fingerprint density at radius 2 is 2.03 bits per heavy atom. The molecular formula is C27H29N2O8S-. The monoisotopic (exact) mass is 541 g/mol. The van der Waals surface area contributed by atoms with Crippen molar-refractivity contribution in [3.8, 4) is 11.5 Å². The van der Waals surface area contributed by atoms with E-state index in [2.05, 4.69) is 5.32 Å². The van der Waals surface area contributed by atoms with Crippen LogP contribution in [0, 0.1) is 16.0 Å². The van der Waals surface area contributed by atoms with Gasteiger partial charge < -0.3 is 24.6 Å². The highest BCUT2D eigenvalue weighted by molar-refractivity contribution is 7.10.